The van der Waals surface area contributed by atoms with Gasteiger partial charge in [-0.05, 0) is 42.0 Å². The molecular weight excluding hydrogens is 268 g/mol. The summed E-state index contributed by atoms with van der Waals surface area (Å²) >= 11 is 0. The van der Waals surface area contributed by atoms with Crippen LogP contribution in [0.25, 0.3) is 0 Å². The molecule has 0 heterocycles. The number of hydrogen-bond donors (Lipinski definition) is 2. The molecule has 2 aromatic rings. The van der Waals surface area contributed by atoms with E-state index in [2.05, 4.69) is 53.8 Å². The molecule has 1 atom stereocenters. The van der Waals surface area contributed by atoms with E-state index in [-0.39, 0.29) is 18.4 Å². The maximum atomic E-state index is 6.19. The summed E-state index contributed by atoms with van der Waals surface area (Å²) < 4.78 is 0. The summed E-state index contributed by atoms with van der Waals surface area (Å²) in [6.45, 7) is 0.856. The Morgan fingerprint density at radius 3 is 2.25 bits per heavy atom. The number of nitrogens with one attached hydrogen (secondary N) is 1. The van der Waals surface area contributed by atoms with Crippen LogP contribution in [-0.2, 0) is 6.54 Å². The predicted octanol–water partition coefficient (Wildman–Crippen LogP) is 4.13. The number of nitrogens with two attached hydrogens (primary N) is 1. The van der Waals surface area contributed by atoms with Crippen LogP contribution in [0.4, 0.5) is 5.69 Å². The molecule has 1 aliphatic rings. The average molecular weight is 289 g/mol. The lowest BCUT2D eigenvalue weighted by Gasteiger charge is -2.12. The van der Waals surface area contributed by atoms with E-state index in [4.69, 9.17) is 5.73 Å². The first kappa shape index (κ1) is 14.9. The van der Waals surface area contributed by atoms with E-state index in [1.54, 1.807) is 0 Å². The molecule has 3 N–H and O–H groups in total. The normalized spacial score (nSPS) is 15.2. The Hall–Kier alpha value is -1.51. The van der Waals surface area contributed by atoms with Crippen molar-refractivity contribution in [2.24, 2.45) is 11.7 Å². The SMILES string of the molecule is Cl.N[C@@H](c1ccc(NCc2ccccc2)cc1)C1CC1. The second kappa shape index (κ2) is 6.78. The molecular formula is C17H21ClN2. The maximum absolute atomic E-state index is 6.19. The van der Waals surface area contributed by atoms with Crippen LogP contribution < -0.4 is 11.1 Å². The van der Waals surface area contributed by atoms with E-state index < -0.39 is 0 Å². The highest BCUT2D eigenvalue weighted by Crippen LogP contribution is 2.39. The van der Waals surface area contributed by atoms with Crippen molar-refractivity contribution in [2.75, 3.05) is 5.32 Å². The van der Waals surface area contributed by atoms with E-state index >= 15 is 0 Å². The summed E-state index contributed by atoms with van der Waals surface area (Å²) in [5.41, 5.74) is 9.89. The van der Waals surface area contributed by atoms with Crippen molar-refractivity contribution in [1.29, 1.82) is 0 Å². The quantitative estimate of drug-likeness (QED) is 0.868. The van der Waals surface area contributed by atoms with Gasteiger partial charge in [0.15, 0.2) is 0 Å². The molecule has 2 nitrogen and oxygen atoms in total. The molecule has 0 saturated heterocycles. The minimum absolute atomic E-state index is 0. The van der Waals surface area contributed by atoms with Crippen molar-refractivity contribution in [1.82, 2.24) is 0 Å². The lowest BCUT2D eigenvalue weighted by atomic mass is 10.0. The van der Waals surface area contributed by atoms with Gasteiger partial charge in [-0.3, -0.25) is 0 Å². The average Bonchev–Trinajstić information content (AvgIpc) is 3.31. The van der Waals surface area contributed by atoms with Gasteiger partial charge in [0, 0.05) is 18.3 Å². The van der Waals surface area contributed by atoms with E-state index in [1.165, 1.54) is 24.0 Å². The molecule has 0 amide bonds. The molecule has 106 valence electrons. The van der Waals surface area contributed by atoms with E-state index in [0.29, 0.717) is 5.92 Å². The second-order valence-electron chi connectivity index (χ2n) is 5.32. The third kappa shape index (κ3) is 3.75. The molecule has 0 spiro atoms. The van der Waals surface area contributed by atoms with Crippen molar-refractivity contribution >= 4 is 18.1 Å². The second-order valence-corrected chi connectivity index (χ2v) is 5.32. The lowest BCUT2D eigenvalue weighted by molar-refractivity contribution is 0.633. The molecule has 0 bridgehead atoms. The zero-order chi connectivity index (χ0) is 13.1. The predicted molar refractivity (Wildman–Crippen MR) is 87.1 cm³/mol. The fourth-order valence-electron chi connectivity index (χ4n) is 2.35. The number of anilines is 1. The van der Waals surface area contributed by atoms with Crippen molar-refractivity contribution in [3.63, 3.8) is 0 Å². The first-order chi connectivity index (χ1) is 9.33. The Kier molecular flexibility index (Phi) is 5.05. The van der Waals surface area contributed by atoms with E-state index in [1.807, 2.05) is 6.07 Å². The Morgan fingerprint density at radius 1 is 1.00 bits per heavy atom. The van der Waals surface area contributed by atoms with Crippen LogP contribution in [0.2, 0.25) is 0 Å². The van der Waals surface area contributed by atoms with Gasteiger partial charge in [0.2, 0.25) is 0 Å². The van der Waals surface area contributed by atoms with E-state index in [9.17, 15) is 0 Å². The highest BCUT2D eigenvalue weighted by atomic mass is 35.5. The van der Waals surface area contributed by atoms with Gasteiger partial charge in [0.25, 0.3) is 0 Å². The highest BCUT2D eigenvalue weighted by Gasteiger charge is 2.29. The standard InChI is InChI=1S/C17H20N2.ClH/c18-17(14-6-7-14)15-8-10-16(11-9-15)19-12-13-4-2-1-3-5-13;/h1-5,8-11,14,17,19H,6-7,12,18H2;1H/t17-;/m1./s1. The van der Waals surface area contributed by atoms with Crippen molar-refractivity contribution in [3.8, 4) is 0 Å². The summed E-state index contributed by atoms with van der Waals surface area (Å²) in [6.07, 6.45) is 2.57. The van der Waals surface area contributed by atoms with E-state index in [0.717, 1.165) is 12.2 Å². The van der Waals surface area contributed by atoms with Gasteiger partial charge >= 0.3 is 0 Å². The number of halogens is 1. The summed E-state index contributed by atoms with van der Waals surface area (Å²) in [5, 5.41) is 3.43. The molecule has 3 heteroatoms. The molecule has 3 rings (SSSR count). The van der Waals surface area contributed by atoms with Gasteiger partial charge in [-0.15, -0.1) is 12.4 Å². The molecule has 2 aromatic carbocycles. The zero-order valence-electron chi connectivity index (χ0n) is 11.5. The molecule has 1 saturated carbocycles. The number of benzene rings is 2. The first-order valence-corrected chi connectivity index (χ1v) is 6.96. The molecule has 0 aromatic heterocycles. The van der Waals surface area contributed by atoms with Crippen LogP contribution in [0.5, 0.6) is 0 Å². The van der Waals surface area contributed by atoms with Crippen molar-refractivity contribution < 1.29 is 0 Å². The van der Waals surface area contributed by atoms with Gasteiger partial charge in [-0.2, -0.15) is 0 Å². The number of hydrogen-bond acceptors (Lipinski definition) is 2. The Balaban J connectivity index is 0.00000147. The Labute approximate surface area is 126 Å². The van der Waals surface area contributed by atoms with Gasteiger partial charge in [-0.1, -0.05) is 42.5 Å². The number of rotatable bonds is 5. The maximum Gasteiger partial charge on any atom is 0.0400 e. The van der Waals surface area contributed by atoms with Crippen LogP contribution in [0, 0.1) is 5.92 Å². The fourth-order valence-corrected chi connectivity index (χ4v) is 2.35. The van der Waals surface area contributed by atoms with Crippen LogP contribution >= 0.6 is 12.4 Å². The monoisotopic (exact) mass is 288 g/mol. The smallest absolute Gasteiger partial charge is 0.0400 e. The summed E-state index contributed by atoms with van der Waals surface area (Å²) in [4.78, 5) is 0. The topological polar surface area (TPSA) is 38.0 Å². The van der Waals surface area contributed by atoms with Gasteiger partial charge in [0.05, 0.1) is 0 Å². The van der Waals surface area contributed by atoms with Gasteiger partial charge in [0.1, 0.15) is 0 Å². The molecule has 0 unspecified atom stereocenters. The summed E-state index contributed by atoms with van der Waals surface area (Å²) in [6, 6.07) is 19.2. The minimum Gasteiger partial charge on any atom is -0.381 e. The molecule has 20 heavy (non-hydrogen) atoms. The summed E-state index contributed by atoms with van der Waals surface area (Å²) in [7, 11) is 0. The minimum atomic E-state index is 0. The first-order valence-electron chi connectivity index (χ1n) is 6.96. The van der Waals surface area contributed by atoms with Crippen LogP contribution in [0.1, 0.15) is 30.0 Å². The molecule has 1 aliphatic carbocycles. The van der Waals surface area contributed by atoms with Crippen molar-refractivity contribution in [3.05, 3.63) is 65.7 Å². The fraction of sp³-hybridized carbons (Fsp3) is 0.294. The van der Waals surface area contributed by atoms with Crippen LogP contribution in [-0.4, -0.2) is 0 Å². The largest absolute Gasteiger partial charge is 0.381 e. The van der Waals surface area contributed by atoms with Gasteiger partial charge < -0.3 is 11.1 Å². The molecule has 1 fully saturated rings. The highest BCUT2D eigenvalue weighted by molar-refractivity contribution is 5.85. The third-order valence-electron chi connectivity index (χ3n) is 3.76. The third-order valence-corrected chi connectivity index (χ3v) is 3.76. The van der Waals surface area contributed by atoms with Crippen molar-refractivity contribution in [2.45, 2.75) is 25.4 Å². The Morgan fingerprint density at radius 2 is 1.65 bits per heavy atom. The molecule has 0 aliphatic heterocycles. The van der Waals surface area contributed by atoms with Gasteiger partial charge in [-0.25, -0.2) is 0 Å². The molecule has 0 radical (unpaired) electrons. The summed E-state index contributed by atoms with van der Waals surface area (Å²) in [5.74, 6) is 0.711. The lowest BCUT2D eigenvalue weighted by Crippen LogP contribution is -2.12. The van der Waals surface area contributed by atoms with Crippen LogP contribution in [0.15, 0.2) is 54.6 Å². The zero-order valence-corrected chi connectivity index (χ0v) is 12.3. The Bertz CT molecular complexity index is 520. The van der Waals surface area contributed by atoms with Crippen LogP contribution in [0.3, 0.4) is 0 Å².